The lowest BCUT2D eigenvalue weighted by molar-refractivity contribution is 0.691. The molecule has 4 heterocycles. The molecule has 0 atom stereocenters. The molecular weight excluding hydrogens is 408 g/mol. The van der Waals surface area contributed by atoms with Crippen molar-refractivity contribution in [3.05, 3.63) is 43.9 Å². The lowest BCUT2D eigenvalue weighted by Crippen LogP contribution is -2.31. The summed E-state index contributed by atoms with van der Waals surface area (Å²) in [4.78, 5) is 48.0. The molecule has 6 rings (SSSR count). The number of hydrogen-bond acceptors (Lipinski definition) is 8. The van der Waals surface area contributed by atoms with Gasteiger partial charge < -0.3 is 0 Å². The van der Waals surface area contributed by atoms with E-state index in [4.69, 9.17) is 4.98 Å². The van der Waals surface area contributed by atoms with Crippen LogP contribution in [0.15, 0.2) is 32.0 Å². The Morgan fingerprint density at radius 2 is 1.97 bits per heavy atom. The van der Waals surface area contributed by atoms with Gasteiger partial charge in [-0.3, -0.25) is 14.3 Å². The van der Waals surface area contributed by atoms with Gasteiger partial charge >= 0.3 is 5.69 Å². The van der Waals surface area contributed by atoms with Crippen LogP contribution in [0.25, 0.3) is 21.3 Å². The highest BCUT2D eigenvalue weighted by Crippen LogP contribution is 2.42. The monoisotopic (exact) mass is 424 g/mol. The van der Waals surface area contributed by atoms with Crippen LogP contribution in [-0.2, 0) is 0 Å². The normalized spacial score (nSPS) is 16.7. The zero-order chi connectivity index (χ0) is 19.7. The molecule has 0 radical (unpaired) electrons. The van der Waals surface area contributed by atoms with E-state index in [2.05, 4.69) is 26.0 Å². The molecule has 0 saturated heterocycles. The number of hydrogen-bond donors (Lipinski definition) is 1. The van der Waals surface area contributed by atoms with Crippen molar-refractivity contribution in [2.24, 2.45) is 0 Å². The number of thiophene rings is 1. The predicted octanol–water partition coefficient (Wildman–Crippen LogP) is 3.16. The van der Waals surface area contributed by atoms with E-state index >= 15 is 0 Å². The van der Waals surface area contributed by atoms with E-state index in [-0.39, 0.29) is 11.7 Å². The topological polar surface area (TPSA) is 106 Å². The molecule has 2 saturated carbocycles. The maximum absolute atomic E-state index is 12.8. The Labute approximate surface area is 172 Å². The zero-order valence-corrected chi connectivity index (χ0v) is 17.1. The van der Waals surface area contributed by atoms with Crippen LogP contribution in [-0.4, -0.2) is 29.5 Å². The fourth-order valence-corrected chi connectivity index (χ4v) is 5.42. The molecule has 2 aliphatic carbocycles. The summed E-state index contributed by atoms with van der Waals surface area (Å²) in [6.45, 7) is 2.03. The van der Waals surface area contributed by atoms with Crippen LogP contribution < -0.4 is 11.2 Å². The Hall–Kier alpha value is -2.59. The van der Waals surface area contributed by atoms with Gasteiger partial charge in [0.2, 0.25) is 0 Å². The molecule has 29 heavy (non-hydrogen) atoms. The van der Waals surface area contributed by atoms with Crippen LogP contribution in [0, 0.1) is 6.92 Å². The maximum atomic E-state index is 12.8. The van der Waals surface area contributed by atoms with E-state index in [1.165, 1.54) is 18.1 Å². The molecule has 4 aromatic heterocycles. The first-order chi connectivity index (χ1) is 14.1. The number of nitrogens with one attached hydrogen (secondary N) is 1. The standard InChI is InChI=1S/C19H16N6O2S2/c1-8-6-11-16(28-8)20-7-21-17(11)29-18-12-14(22-13(23-18)9-2-3-9)25(10-4-5-10)19(27)24-15(12)26/h6-7,9-10H,2-5H2,1H3,(H,24,26,27). The van der Waals surface area contributed by atoms with Crippen molar-refractivity contribution in [3.8, 4) is 0 Å². The van der Waals surface area contributed by atoms with Gasteiger partial charge in [-0.05, 0) is 50.4 Å². The fraction of sp³-hybridized carbons (Fsp3) is 0.368. The summed E-state index contributed by atoms with van der Waals surface area (Å²) < 4.78 is 1.64. The average molecular weight is 425 g/mol. The molecule has 2 aliphatic rings. The third-order valence-electron chi connectivity index (χ3n) is 5.23. The molecule has 2 fully saturated rings. The Morgan fingerprint density at radius 1 is 1.14 bits per heavy atom. The average Bonchev–Trinajstić information content (AvgIpc) is 3.58. The maximum Gasteiger partial charge on any atom is 0.330 e. The smallest absolute Gasteiger partial charge is 0.274 e. The van der Waals surface area contributed by atoms with Crippen molar-refractivity contribution in [3.63, 3.8) is 0 Å². The van der Waals surface area contributed by atoms with E-state index in [0.29, 0.717) is 27.8 Å². The summed E-state index contributed by atoms with van der Waals surface area (Å²) in [7, 11) is 0. The third-order valence-corrected chi connectivity index (χ3v) is 7.20. The molecule has 0 spiro atoms. The van der Waals surface area contributed by atoms with Crippen molar-refractivity contribution in [1.82, 2.24) is 29.5 Å². The second kappa shape index (κ2) is 6.20. The molecule has 0 amide bonds. The number of aromatic nitrogens is 6. The van der Waals surface area contributed by atoms with Gasteiger partial charge in [-0.2, -0.15) is 0 Å². The van der Waals surface area contributed by atoms with E-state index in [1.807, 2.05) is 6.92 Å². The number of rotatable bonds is 4. The highest BCUT2D eigenvalue weighted by atomic mass is 32.2. The molecule has 0 aliphatic heterocycles. The number of H-pyrrole nitrogens is 1. The summed E-state index contributed by atoms with van der Waals surface area (Å²) in [6.07, 6.45) is 5.46. The van der Waals surface area contributed by atoms with Crippen molar-refractivity contribution in [1.29, 1.82) is 0 Å². The van der Waals surface area contributed by atoms with Crippen molar-refractivity contribution < 1.29 is 0 Å². The molecule has 1 N–H and O–H groups in total. The molecule has 8 nitrogen and oxygen atoms in total. The minimum Gasteiger partial charge on any atom is -0.274 e. The highest BCUT2D eigenvalue weighted by molar-refractivity contribution is 7.99. The fourth-order valence-electron chi connectivity index (χ4n) is 3.53. The Bertz CT molecular complexity index is 1410. The molecule has 10 heteroatoms. The van der Waals surface area contributed by atoms with E-state index in [1.54, 1.807) is 15.9 Å². The number of fused-ring (bicyclic) bond motifs is 2. The van der Waals surface area contributed by atoms with Gasteiger partial charge in [-0.15, -0.1) is 11.3 Å². The SMILES string of the molecule is Cc1cc2c(Sc3nc(C4CC4)nc4c3c(=O)[nH]c(=O)n4C3CC3)ncnc2s1. The number of aryl methyl sites for hydroxylation is 1. The van der Waals surface area contributed by atoms with Crippen LogP contribution in [0.5, 0.6) is 0 Å². The molecule has 0 unspecified atom stereocenters. The lowest BCUT2D eigenvalue weighted by atomic mass is 10.3. The largest absolute Gasteiger partial charge is 0.330 e. The zero-order valence-electron chi connectivity index (χ0n) is 15.5. The molecular formula is C19H16N6O2S2. The predicted molar refractivity (Wildman–Crippen MR) is 111 cm³/mol. The second-order valence-corrected chi connectivity index (χ2v) is 9.79. The number of aromatic amines is 1. The third kappa shape index (κ3) is 2.89. The van der Waals surface area contributed by atoms with Gasteiger partial charge in [0, 0.05) is 22.2 Å². The first kappa shape index (κ1) is 17.3. The molecule has 146 valence electrons. The molecule has 4 aromatic rings. The van der Waals surface area contributed by atoms with Crippen molar-refractivity contribution >= 4 is 44.3 Å². The van der Waals surface area contributed by atoms with Crippen LogP contribution in [0.1, 0.15) is 48.3 Å². The Morgan fingerprint density at radius 3 is 2.72 bits per heavy atom. The van der Waals surface area contributed by atoms with Crippen molar-refractivity contribution in [2.75, 3.05) is 0 Å². The van der Waals surface area contributed by atoms with Gasteiger partial charge in [0.1, 0.15) is 32.4 Å². The summed E-state index contributed by atoms with van der Waals surface area (Å²) in [5.74, 6) is 1.01. The summed E-state index contributed by atoms with van der Waals surface area (Å²) in [5, 5.41) is 2.62. The van der Waals surface area contributed by atoms with Crippen LogP contribution >= 0.6 is 23.1 Å². The van der Waals surface area contributed by atoms with Crippen LogP contribution in [0.4, 0.5) is 0 Å². The van der Waals surface area contributed by atoms with Gasteiger partial charge in [-0.25, -0.2) is 24.7 Å². The Balaban J connectivity index is 1.62. The van der Waals surface area contributed by atoms with E-state index in [9.17, 15) is 9.59 Å². The molecule has 0 aromatic carbocycles. The van der Waals surface area contributed by atoms with Gasteiger partial charge in [0.15, 0.2) is 5.65 Å². The van der Waals surface area contributed by atoms with Crippen molar-refractivity contribution in [2.45, 2.75) is 54.6 Å². The van der Waals surface area contributed by atoms with Crippen LogP contribution in [0.3, 0.4) is 0 Å². The first-order valence-electron chi connectivity index (χ1n) is 9.54. The second-order valence-electron chi connectivity index (χ2n) is 7.58. The highest BCUT2D eigenvalue weighted by Gasteiger charge is 2.32. The number of nitrogens with zero attached hydrogens (tertiary/aromatic N) is 5. The summed E-state index contributed by atoms with van der Waals surface area (Å²) in [5.41, 5.74) is -0.384. The van der Waals surface area contributed by atoms with Gasteiger partial charge in [0.05, 0.1) is 0 Å². The minimum absolute atomic E-state index is 0.104. The summed E-state index contributed by atoms with van der Waals surface area (Å²) >= 11 is 2.96. The van der Waals surface area contributed by atoms with E-state index in [0.717, 1.165) is 45.8 Å². The minimum atomic E-state index is -0.446. The van der Waals surface area contributed by atoms with Gasteiger partial charge in [0.25, 0.3) is 5.56 Å². The van der Waals surface area contributed by atoms with E-state index < -0.39 is 5.56 Å². The summed E-state index contributed by atoms with van der Waals surface area (Å²) in [6, 6.07) is 2.16. The lowest BCUT2D eigenvalue weighted by Gasteiger charge is -2.11. The van der Waals surface area contributed by atoms with Crippen LogP contribution in [0.2, 0.25) is 0 Å². The Kier molecular flexibility index (Phi) is 3.70. The molecule has 0 bridgehead atoms. The quantitative estimate of drug-likeness (QED) is 0.502. The van der Waals surface area contributed by atoms with Gasteiger partial charge in [-0.1, -0.05) is 0 Å². The first-order valence-corrected chi connectivity index (χ1v) is 11.2.